The van der Waals surface area contributed by atoms with E-state index in [0.717, 1.165) is 19.3 Å². The van der Waals surface area contributed by atoms with E-state index in [9.17, 15) is 4.79 Å². The molecule has 2 saturated carbocycles. The number of hydrogen-bond acceptors (Lipinski definition) is 3. The maximum Gasteiger partial charge on any atom is 0.309 e. The molecule has 0 aromatic carbocycles. The van der Waals surface area contributed by atoms with Crippen molar-refractivity contribution in [1.29, 1.82) is 0 Å². The average molecular weight is 220 g/mol. The zero-order valence-corrected chi connectivity index (χ0v) is 9.26. The van der Waals surface area contributed by atoms with Crippen LogP contribution in [0.5, 0.6) is 0 Å². The Kier molecular flexibility index (Phi) is 3.78. The fraction of sp³-hybridized carbons (Fsp3) is 0.900. The standard InChI is InChI=1S/C10H17NO2.ClH/c1-2-13-10(12)8-4-7-3-6(8)5-9(7)11;/h6-9H,2-5,11H2,1H3;1H/t6-,7-,8-,9-;/m1./s1. The second kappa shape index (κ2) is 4.49. The molecule has 0 spiro atoms. The van der Waals surface area contributed by atoms with Gasteiger partial charge in [-0.2, -0.15) is 0 Å². The Bertz CT molecular complexity index is 220. The molecule has 2 aliphatic carbocycles. The van der Waals surface area contributed by atoms with E-state index < -0.39 is 0 Å². The number of fused-ring (bicyclic) bond motifs is 2. The van der Waals surface area contributed by atoms with Crippen LogP contribution in [0.4, 0.5) is 0 Å². The molecule has 2 rings (SSSR count). The van der Waals surface area contributed by atoms with E-state index in [1.54, 1.807) is 0 Å². The molecule has 4 atom stereocenters. The molecule has 0 saturated heterocycles. The summed E-state index contributed by atoms with van der Waals surface area (Å²) in [5.41, 5.74) is 5.90. The monoisotopic (exact) mass is 219 g/mol. The second-order valence-electron chi connectivity index (χ2n) is 4.25. The molecule has 14 heavy (non-hydrogen) atoms. The molecule has 3 nitrogen and oxygen atoms in total. The lowest BCUT2D eigenvalue weighted by Gasteiger charge is -2.23. The molecule has 0 aromatic heterocycles. The van der Waals surface area contributed by atoms with Crippen molar-refractivity contribution in [3.8, 4) is 0 Å². The highest BCUT2D eigenvalue weighted by atomic mass is 35.5. The number of esters is 1. The zero-order chi connectivity index (χ0) is 9.42. The van der Waals surface area contributed by atoms with Gasteiger partial charge in [0.25, 0.3) is 0 Å². The zero-order valence-electron chi connectivity index (χ0n) is 8.44. The first kappa shape index (κ1) is 11.8. The summed E-state index contributed by atoms with van der Waals surface area (Å²) in [5.74, 6) is 1.25. The number of ether oxygens (including phenoxy) is 1. The van der Waals surface area contributed by atoms with Gasteiger partial charge < -0.3 is 10.5 Å². The van der Waals surface area contributed by atoms with Gasteiger partial charge in [0.1, 0.15) is 0 Å². The highest BCUT2D eigenvalue weighted by molar-refractivity contribution is 5.85. The lowest BCUT2D eigenvalue weighted by atomic mass is 9.86. The summed E-state index contributed by atoms with van der Waals surface area (Å²) in [6.07, 6.45) is 3.13. The average Bonchev–Trinajstić information content (AvgIpc) is 2.62. The molecular formula is C10H18ClNO2. The molecule has 0 radical (unpaired) electrons. The van der Waals surface area contributed by atoms with Gasteiger partial charge in [-0.3, -0.25) is 4.79 Å². The van der Waals surface area contributed by atoms with E-state index in [4.69, 9.17) is 10.5 Å². The molecule has 4 heteroatoms. The molecule has 0 aromatic rings. The van der Waals surface area contributed by atoms with E-state index >= 15 is 0 Å². The molecule has 0 aliphatic heterocycles. The highest BCUT2D eigenvalue weighted by Gasteiger charge is 2.47. The first-order chi connectivity index (χ1) is 6.22. The van der Waals surface area contributed by atoms with Crippen LogP contribution in [0.25, 0.3) is 0 Å². The third-order valence-electron chi connectivity index (χ3n) is 3.50. The molecule has 2 fully saturated rings. The van der Waals surface area contributed by atoms with Crippen molar-refractivity contribution in [2.75, 3.05) is 6.61 Å². The van der Waals surface area contributed by atoms with Gasteiger partial charge >= 0.3 is 5.97 Å². The van der Waals surface area contributed by atoms with Gasteiger partial charge in [-0.05, 0) is 38.0 Å². The number of halogens is 1. The van der Waals surface area contributed by atoms with Gasteiger partial charge in [0, 0.05) is 6.04 Å². The highest BCUT2D eigenvalue weighted by Crippen LogP contribution is 2.48. The molecule has 82 valence electrons. The number of nitrogens with two attached hydrogens (primary N) is 1. The summed E-state index contributed by atoms with van der Waals surface area (Å²) in [4.78, 5) is 11.5. The van der Waals surface area contributed by atoms with E-state index in [2.05, 4.69) is 0 Å². The van der Waals surface area contributed by atoms with E-state index in [1.807, 2.05) is 6.92 Å². The number of hydrogen-bond donors (Lipinski definition) is 1. The Hall–Kier alpha value is -0.280. The smallest absolute Gasteiger partial charge is 0.309 e. The fourth-order valence-corrected chi connectivity index (χ4v) is 2.86. The SMILES string of the molecule is CCOC(=O)[C@@H]1C[C@H]2C[C@@H]1C[C@H]2N.Cl. The third kappa shape index (κ3) is 1.89. The topological polar surface area (TPSA) is 52.3 Å². The number of rotatable bonds is 2. The Labute approximate surface area is 90.8 Å². The molecule has 2 N–H and O–H groups in total. The number of carbonyl (C=O) groups excluding carboxylic acids is 1. The predicted octanol–water partition coefficient (Wildman–Crippen LogP) is 1.34. The van der Waals surface area contributed by atoms with Crippen LogP contribution in [-0.4, -0.2) is 18.6 Å². The summed E-state index contributed by atoms with van der Waals surface area (Å²) < 4.78 is 5.03. The Morgan fingerprint density at radius 2 is 2.07 bits per heavy atom. The van der Waals surface area contributed by atoms with Gasteiger partial charge in [-0.1, -0.05) is 0 Å². The van der Waals surface area contributed by atoms with E-state index in [1.165, 1.54) is 0 Å². The van der Waals surface area contributed by atoms with Gasteiger partial charge in [-0.25, -0.2) is 0 Å². The van der Waals surface area contributed by atoms with Crippen molar-refractivity contribution in [2.45, 2.75) is 32.2 Å². The quantitative estimate of drug-likeness (QED) is 0.714. The van der Waals surface area contributed by atoms with Crippen LogP contribution < -0.4 is 5.73 Å². The molecule has 2 bridgehead atoms. The molecule has 0 unspecified atom stereocenters. The minimum Gasteiger partial charge on any atom is -0.466 e. The van der Waals surface area contributed by atoms with E-state index in [0.29, 0.717) is 24.5 Å². The van der Waals surface area contributed by atoms with Gasteiger partial charge in [-0.15, -0.1) is 12.4 Å². The lowest BCUT2D eigenvalue weighted by molar-refractivity contribution is -0.149. The van der Waals surface area contributed by atoms with Crippen molar-refractivity contribution < 1.29 is 9.53 Å². The fourth-order valence-electron chi connectivity index (χ4n) is 2.86. The number of carbonyl (C=O) groups is 1. The Morgan fingerprint density at radius 1 is 1.36 bits per heavy atom. The van der Waals surface area contributed by atoms with Crippen LogP contribution in [0, 0.1) is 17.8 Å². The summed E-state index contributed by atoms with van der Waals surface area (Å²) in [6, 6.07) is 0.343. The Balaban J connectivity index is 0.000000980. The van der Waals surface area contributed by atoms with Gasteiger partial charge in [0.2, 0.25) is 0 Å². The van der Waals surface area contributed by atoms with Crippen molar-refractivity contribution in [1.82, 2.24) is 0 Å². The molecular weight excluding hydrogens is 202 g/mol. The lowest BCUT2D eigenvalue weighted by Crippen LogP contribution is -2.33. The molecule has 0 amide bonds. The first-order valence-electron chi connectivity index (χ1n) is 5.14. The summed E-state index contributed by atoms with van der Waals surface area (Å²) in [5, 5.41) is 0. The maximum absolute atomic E-state index is 11.5. The van der Waals surface area contributed by atoms with Crippen LogP contribution in [0.2, 0.25) is 0 Å². The minimum atomic E-state index is 0. The first-order valence-corrected chi connectivity index (χ1v) is 5.14. The second-order valence-corrected chi connectivity index (χ2v) is 4.25. The maximum atomic E-state index is 11.5. The molecule has 2 aliphatic rings. The van der Waals surface area contributed by atoms with Gasteiger partial charge in [0.05, 0.1) is 12.5 Å². The predicted molar refractivity (Wildman–Crippen MR) is 56.2 cm³/mol. The third-order valence-corrected chi connectivity index (χ3v) is 3.50. The summed E-state index contributed by atoms with van der Waals surface area (Å²) in [6.45, 7) is 2.36. The van der Waals surface area contributed by atoms with E-state index in [-0.39, 0.29) is 24.3 Å². The summed E-state index contributed by atoms with van der Waals surface area (Å²) >= 11 is 0. The van der Waals surface area contributed by atoms with Crippen LogP contribution >= 0.6 is 12.4 Å². The van der Waals surface area contributed by atoms with Crippen LogP contribution in [0.1, 0.15) is 26.2 Å². The van der Waals surface area contributed by atoms with Crippen molar-refractivity contribution >= 4 is 18.4 Å². The summed E-state index contributed by atoms with van der Waals surface area (Å²) in [7, 11) is 0. The van der Waals surface area contributed by atoms with Crippen LogP contribution in [0.3, 0.4) is 0 Å². The van der Waals surface area contributed by atoms with Crippen LogP contribution in [-0.2, 0) is 9.53 Å². The van der Waals surface area contributed by atoms with Crippen molar-refractivity contribution in [3.05, 3.63) is 0 Å². The van der Waals surface area contributed by atoms with Crippen LogP contribution in [0.15, 0.2) is 0 Å². The van der Waals surface area contributed by atoms with Crippen molar-refractivity contribution in [3.63, 3.8) is 0 Å². The minimum absolute atomic E-state index is 0. The van der Waals surface area contributed by atoms with Crippen molar-refractivity contribution in [2.24, 2.45) is 23.5 Å². The normalized spacial score (nSPS) is 39.3. The van der Waals surface area contributed by atoms with Gasteiger partial charge in [0.15, 0.2) is 0 Å². The molecule has 0 heterocycles. The Morgan fingerprint density at radius 3 is 2.50 bits per heavy atom. The largest absolute Gasteiger partial charge is 0.466 e.